The van der Waals surface area contributed by atoms with E-state index in [9.17, 15) is 9.59 Å². The van der Waals surface area contributed by atoms with Gasteiger partial charge in [-0.15, -0.1) is 0 Å². The molecule has 108 valence electrons. The molecule has 0 spiro atoms. The van der Waals surface area contributed by atoms with Crippen LogP contribution in [-0.4, -0.2) is 36.0 Å². The summed E-state index contributed by atoms with van der Waals surface area (Å²) in [6.07, 6.45) is 1.90. The predicted octanol–water partition coefficient (Wildman–Crippen LogP) is 1.31. The second-order valence-corrected chi connectivity index (χ2v) is 4.87. The van der Waals surface area contributed by atoms with Gasteiger partial charge in [0.15, 0.2) is 0 Å². The molecule has 0 bridgehead atoms. The second-order valence-electron chi connectivity index (χ2n) is 4.87. The molecule has 1 aromatic rings. The minimum absolute atomic E-state index is 0.0238. The summed E-state index contributed by atoms with van der Waals surface area (Å²) < 4.78 is 4.92. The number of amides is 1. The smallest absolute Gasteiger partial charge is 0.325 e. The van der Waals surface area contributed by atoms with Gasteiger partial charge in [-0.1, -0.05) is 12.1 Å². The van der Waals surface area contributed by atoms with E-state index in [1.165, 1.54) is 0 Å². The van der Waals surface area contributed by atoms with Gasteiger partial charge in [-0.05, 0) is 37.5 Å². The van der Waals surface area contributed by atoms with Gasteiger partial charge in [0.1, 0.15) is 6.54 Å². The average molecular weight is 276 g/mol. The van der Waals surface area contributed by atoms with E-state index in [0.717, 1.165) is 18.4 Å². The number of nitrogens with two attached hydrogens (primary N) is 1. The van der Waals surface area contributed by atoms with E-state index in [4.69, 9.17) is 10.5 Å². The summed E-state index contributed by atoms with van der Waals surface area (Å²) in [5.74, 6) is -0.476. The number of carbonyl (C=O) groups is 2. The van der Waals surface area contributed by atoms with Crippen molar-refractivity contribution in [2.24, 2.45) is 5.73 Å². The number of rotatable bonds is 6. The largest absolute Gasteiger partial charge is 0.465 e. The van der Waals surface area contributed by atoms with Crippen LogP contribution in [0.2, 0.25) is 0 Å². The maximum absolute atomic E-state index is 12.5. The number of benzene rings is 1. The topological polar surface area (TPSA) is 72.6 Å². The summed E-state index contributed by atoms with van der Waals surface area (Å²) in [6, 6.07) is 7.35. The molecule has 2 rings (SSSR count). The minimum atomic E-state index is -0.355. The first-order valence-electron chi connectivity index (χ1n) is 6.91. The van der Waals surface area contributed by atoms with Crippen LogP contribution in [0.1, 0.15) is 35.7 Å². The fourth-order valence-electron chi connectivity index (χ4n) is 2.05. The van der Waals surface area contributed by atoms with Crippen molar-refractivity contribution in [1.29, 1.82) is 0 Å². The summed E-state index contributed by atoms with van der Waals surface area (Å²) >= 11 is 0. The Morgan fingerprint density at radius 1 is 1.30 bits per heavy atom. The zero-order valence-corrected chi connectivity index (χ0v) is 11.7. The number of carbonyl (C=O) groups excluding carboxylic acids is 2. The Morgan fingerprint density at radius 2 is 1.95 bits per heavy atom. The van der Waals surface area contributed by atoms with E-state index in [1.807, 2.05) is 12.1 Å². The third-order valence-corrected chi connectivity index (χ3v) is 3.29. The van der Waals surface area contributed by atoms with Crippen molar-refractivity contribution >= 4 is 11.9 Å². The molecule has 2 N–H and O–H groups in total. The number of nitrogens with zero attached hydrogens (tertiary/aromatic N) is 1. The van der Waals surface area contributed by atoms with Gasteiger partial charge in [-0.25, -0.2) is 0 Å². The van der Waals surface area contributed by atoms with Gasteiger partial charge in [0.2, 0.25) is 0 Å². The SMILES string of the molecule is CCOC(=O)CN(C(=O)c1ccc(CN)cc1)C1CC1. The van der Waals surface area contributed by atoms with Crippen molar-refractivity contribution in [3.63, 3.8) is 0 Å². The van der Waals surface area contributed by atoms with E-state index in [1.54, 1.807) is 24.0 Å². The molecule has 0 unspecified atom stereocenters. The molecule has 1 aliphatic rings. The molecule has 5 heteroatoms. The van der Waals surface area contributed by atoms with Crippen molar-refractivity contribution in [1.82, 2.24) is 4.90 Å². The van der Waals surface area contributed by atoms with Crippen molar-refractivity contribution in [3.8, 4) is 0 Å². The van der Waals surface area contributed by atoms with Crippen LogP contribution in [-0.2, 0) is 16.1 Å². The molecule has 1 aliphatic carbocycles. The van der Waals surface area contributed by atoms with Crippen molar-refractivity contribution in [2.45, 2.75) is 32.4 Å². The Kier molecular flexibility index (Phi) is 4.74. The normalized spacial score (nSPS) is 13.9. The molecule has 0 heterocycles. The van der Waals surface area contributed by atoms with Gasteiger partial charge in [0.05, 0.1) is 6.61 Å². The summed E-state index contributed by atoms with van der Waals surface area (Å²) in [5.41, 5.74) is 7.10. The number of esters is 1. The maximum Gasteiger partial charge on any atom is 0.325 e. The third kappa shape index (κ3) is 3.57. The molecule has 5 nitrogen and oxygen atoms in total. The Bertz CT molecular complexity index is 480. The molecule has 20 heavy (non-hydrogen) atoms. The molecule has 0 aromatic heterocycles. The first-order chi connectivity index (χ1) is 9.65. The molecule has 1 amide bonds. The van der Waals surface area contributed by atoms with Gasteiger partial charge in [-0.2, -0.15) is 0 Å². The first-order valence-corrected chi connectivity index (χ1v) is 6.91. The Hall–Kier alpha value is -1.88. The molecular weight excluding hydrogens is 256 g/mol. The quantitative estimate of drug-likeness (QED) is 0.795. The molecule has 1 fully saturated rings. The highest BCUT2D eigenvalue weighted by molar-refractivity contribution is 5.96. The van der Waals surface area contributed by atoms with E-state index >= 15 is 0 Å². The highest BCUT2D eigenvalue weighted by Crippen LogP contribution is 2.28. The fourth-order valence-corrected chi connectivity index (χ4v) is 2.05. The van der Waals surface area contributed by atoms with Gasteiger partial charge in [0.25, 0.3) is 5.91 Å². The molecular formula is C15H20N2O3. The molecule has 1 saturated carbocycles. The van der Waals surface area contributed by atoms with E-state index in [2.05, 4.69) is 0 Å². The summed E-state index contributed by atoms with van der Waals surface area (Å²) in [7, 11) is 0. The third-order valence-electron chi connectivity index (χ3n) is 3.29. The molecule has 0 aliphatic heterocycles. The predicted molar refractivity (Wildman–Crippen MR) is 75.0 cm³/mol. The van der Waals surface area contributed by atoms with Crippen molar-refractivity contribution < 1.29 is 14.3 Å². The molecule has 1 aromatic carbocycles. The van der Waals surface area contributed by atoms with Crippen LogP contribution < -0.4 is 5.73 Å². The van der Waals surface area contributed by atoms with Crippen LogP contribution in [0.15, 0.2) is 24.3 Å². The lowest BCUT2D eigenvalue weighted by Crippen LogP contribution is -2.38. The fraction of sp³-hybridized carbons (Fsp3) is 0.467. The number of hydrogen-bond acceptors (Lipinski definition) is 4. The second kappa shape index (κ2) is 6.52. The summed E-state index contributed by atoms with van der Waals surface area (Å²) in [6.45, 7) is 2.56. The van der Waals surface area contributed by atoms with Crippen LogP contribution in [0.4, 0.5) is 0 Å². The zero-order valence-electron chi connectivity index (χ0n) is 11.7. The lowest BCUT2D eigenvalue weighted by atomic mass is 10.1. The lowest BCUT2D eigenvalue weighted by molar-refractivity contribution is -0.144. The van der Waals surface area contributed by atoms with Crippen molar-refractivity contribution in [3.05, 3.63) is 35.4 Å². The summed E-state index contributed by atoms with van der Waals surface area (Å²) in [5, 5.41) is 0. The van der Waals surface area contributed by atoms with Crippen LogP contribution in [0.25, 0.3) is 0 Å². The highest BCUT2D eigenvalue weighted by atomic mass is 16.5. The minimum Gasteiger partial charge on any atom is -0.465 e. The monoisotopic (exact) mass is 276 g/mol. The number of ether oxygens (including phenoxy) is 1. The highest BCUT2D eigenvalue weighted by Gasteiger charge is 2.34. The maximum atomic E-state index is 12.5. The molecule has 0 atom stereocenters. The van der Waals surface area contributed by atoms with Gasteiger partial charge in [-0.3, -0.25) is 9.59 Å². The van der Waals surface area contributed by atoms with Crippen LogP contribution in [0, 0.1) is 0 Å². The average Bonchev–Trinajstić information content (AvgIpc) is 3.29. The van der Waals surface area contributed by atoms with E-state index in [0.29, 0.717) is 18.7 Å². The van der Waals surface area contributed by atoms with E-state index in [-0.39, 0.29) is 24.5 Å². The zero-order chi connectivity index (χ0) is 14.5. The molecule has 0 saturated heterocycles. The van der Waals surface area contributed by atoms with Gasteiger partial charge < -0.3 is 15.4 Å². The van der Waals surface area contributed by atoms with Gasteiger partial charge in [0, 0.05) is 18.2 Å². The number of hydrogen-bond donors (Lipinski definition) is 1. The Morgan fingerprint density at radius 3 is 2.45 bits per heavy atom. The summed E-state index contributed by atoms with van der Waals surface area (Å²) in [4.78, 5) is 25.6. The van der Waals surface area contributed by atoms with Crippen LogP contribution in [0.5, 0.6) is 0 Å². The van der Waals surface area contributed by atoms with E-state index < -0.39 is 0 Å². The van der Waals surface area contributed by atoms with Gasteiger partial charge >= 0.3 is 5.97 Å². The molecule has 0 radical (unpaired) electrons. The standard InChI is InChI=1S/C15H20N2O3/c1-2-20-14(18)10-17(13-7-8-13)15(19)12-5-3-11(9-16)4-6-12/h3-6,13H,2,7-10,16H2,1H3. The van der Waals surface area contributed by atoms with Crippen molar-refractivity contribution in [2.75, 3.05) is 13.2 Å². The Labute approximate surface area is 118 Å². The lowest BCUT2D eigenvalue weighted by Gasteiger charge is -2.21. The van der Waals surface area contributed by atoms with Crippen LogP contribution >= 0.6 is 0 Å². The first kappa shape index (κ1) is 14.5. The Balaban J connectivity index is 2.07. The van der Waals surface area contributed by atoms with Crippen LogP contribution in [0.3, 0.4) is 0 Å².